The molecule has 1 heterocycles. The van der Waals surface area contributed by atoms with Crippen LogP contribution in [0.3, 0.4) is 0 Å². The van der Waals surface area contributed by atoms with Crippen molar-refractivity contribution in [3.05, 3.63) is 64.2 Å². The van der Waals surface area contributed by atoms with Crippen molar-refractivity contribution in [1.82, 2.24) is 4.90 Å². The van der Waals surface area contributed by atoms with Gasteiger partial charge in [-0.1, -0.05) is 24.3 Å². The summed E-state index contributed by atoms with van der Waals surface area (Å²) in [5.41, 5.74) is 1.47. The van der Waals surface area contributed by atoms with Gasteiger partial charge in [-0.2, -0.15) is 0 Å². The largest absolute Gasteiger partial charge is 0.358 e. The number of hydrogen-bond acceptors (Lipinski definition) is 5. The minimum atomic E-state index is -0.548. The standard InChI is InChI=1S/C17H17N5O3/c1-21-10-9-18-16(21)12-5-4-6-13(11-12)19-17(23)20-14-7-2-3-8-15(14)22(24)25/h2-8,11H,9-10H2,1H3,(H2,19,20,23). The van der Waals surface area contributed by atoms with E-state index in [0.29, 0.717) is 5.69 Å². The number of nitro benzene ring substituents is 1. The smallest absolute Gasteiger partial charge is 0.323 e. The van der Waals surface area contributed by atoms with Crippen molar-refractivity contribution in [2.75, 3.05) is 30.8 Å². The summed E-state index contributed by atoms with van der Waals surface area (Å²) in [6.45, 7) is 1.62. The molecule has 1 aliphatic rings. The van der Waals surface area contributed by atoms with Crippen molar-refractivity contribution in [2.45, 2.75) is 0 Å². The Labute approximate surface area is 144 Å². The highest BCUT2D eigenvalue weighted by Crippen LogP contribution is 2.23. The van der Waals surface area contributed by atoms with Gasteiger partial charge >= 0.3 is 6.03 Å². The maximum Gasteiger partial charge on any atom is 0.323 e. The number of aliphatic imine (C=N–C) groups is 1. The average Bonchev–Trinajstić information content (AvgIpc) is 3.01. The van der Waals surface area contributed by atoms with E-state index >= 15 is 0 Å². The number of urea groups is 1. The Morgan fingerprint density at radius 1 is 1.20 bits per heavy atom. The van der Waals surface area contributed by atoms with Gasteiger partial charge in [0.25, 0.3) is 5.69 Å². The summed E-state index contributed by atoms with van der Waals surface area (Å²) in [6, 6.07) is 12.8. The van der Waals surface area contributed by atoms with Crippen LogP contribution in [0, 0.1) is 10.1 Å². The van der Waals surface area contributed by atoms with Gasteiger partial charge in [-0.3, -0.25) is 15.1 Å². The number of carbonyl (C=O) groups excluding carboxylic acids is 1. The number of likely N-dealkylation sites (N-methyl/N-ethyl adjacent to an activating group) is 1. The van der Waals surface area contributed by atoms with E-state index in [-0.39, 0.29) is 11.4 Å². The maximum atomic E-state index is 12.2. The van der Waals surface area contributed by atoms with E-state index in [1.165, 1.54) is 12.1 Å². The highest BCUT2D eigenvalue weighted by atomic mass is 16.6. The summed E-state index contributed by atoms with van der Waals surface area (Å²) >= 11 is 0. The van der Waals surface area contributed by atoms with Gasteiger partial charge < -0.3 is 15.5 Å². The van der Waals surface area contributed by atoms with Crippen molar-refractivity contribution in [2.24, 2.45) is 4.99 Å². The van der Waals surface area contributed by atoms with Gasteiger partial charge in [0, 0.05) is 30.9 Å². The molecule has 2 amide bonds. The molecule has 0 radical (unpaired) electrons. The first-order valence-electron chi connectivity index (χ1n) is 7.72. The van der Waals surface area contributed by atoms with Crippen LogP contribution in [0.2, 0.25) is 0 Å². The second kappa shape index (κ2) is 7.00. The number of hydrogen-bond donors (Lipinski definition) is 2. The fraction of sp³-hybridized carbons (Fsp3) is 0.176. The molecular formula is C17H17N5O3. The van der Waals surface area contributed by atoms with Crippen molar-refractivity contribution >= 4 is 28.9 Å². The summed E-state index contributed by atoms with van der Waals surface area (Å²) < 4.78 is 0. The normalized spacial score (nSPS) is 13.3. The number of amidine groups is 1. The number of nitro groups is 1. The average molecular weight is 339 g/mol. The zero-order valence-corrected chi connectivity index (χ0v) is 13.6. The minimum absolute atomic E-state index is 0.140. The van der Waals surface area contributed by atoms with E-state index in [1.54, 1.807) is 18.2 Å². The molecule has 8 heteroatoms. The van der Waals surface area contributed by atoms with Crippen molar-refractivity contribution in [3.63, 3.8) is 0 Å². The van der Waals surface area contributed by atoms with Gasteiger partial charge in [0.05, 0.1) is 11.5 Å². The molecule has 2 aromatic rings. The molecule has 0 spiro atoms. The van der Waals surface area contributed by atoms with Crippen LogP contribution in [0.1, 0.15) is 5.56 Å². The highest BCUT2D eigenvalue weighted by molar-refractivity contribution is 6.03. The monoisotopic (exact) mass is 339 g/mol. The molecule has 0 unspecified atom stereocenters. The lowest BCUT2D eigenvalue weighted by molar-refractivity contribution is -0.383. The molecule has 128 valence electrons. The minimum Gasteiger partial charge on any atom is -0.358 e. The number of nitrogens with one attached hydrogen (secondary N) is 2. The van der Waals surface area contributed by atoms with E-state index in [2.05, 4.69) is 15.6 Å². The number of rotatable bonds is 4. The molecule has 8 nitrogen and oxygen atoms in total. The molecule has 3 rings (SSSR count). The predicted molar refractivity (Wildman–Crippen MR) is 96.2 cm³/mol. The molecule has 0 saturated carbocycles. The highest BCUT2D eigenvalue weighted by Gasteiger charge is 2.16. The summed E-state index contributed by atoms with van der Waals surface area (Å²) in [6.07, 6.45) is 0. The fourth-order valence-corrected chi connectivity index (χ4v) is 2.60. The molecule has 1 aliphatic heterocycles. The number of para-hydroxylation sites is 2. The van der Waals surface area contributed by atoms with Crippen molar-refractivity contribution in [1.29, 1.82) is 0 Å². The molecule has 0 bridgehead atoms. The summed E-state index contributed by atoms with van der Waals surface area (Å²) in [5, 5.41) is 16.2. The number of amides is 2. The first kappa shape index (κ1) is 16.4. The van der Waals surface area contributed by atoms with Crippen LogP contribution in [-0.4, -0.2) is 41.8 Å². The molecule has 25 heavy (non-hydrogen) atoms. The third-order valence-corrected chi connectivity index (χ3v) is 3.79. The van der Waals surface area contributed by atoms with Crippen LogP contribution in [0.25, 0.3) is 0 Å². The van der Waals surface area contributed by atoms with Crippen LogP contribution < -0.4 is 10.6 Å². The van der Waals surface area contributed by atoms with Crippen LogP contribution in [0.15, 0.2) is 53.5 Å². The van der Waals surface area contributed by atoms with E-state index in [4.69, 9.17) is 0 Å². The van der Waals surface area contributed by atoms with Gasteiger partial charge in [0.15, 0.2) is 0 Å². The van der Waals surface area contributed by atoms with E-state index in [9.17, 15) is 14.9 Å². The molecule has 0 atom stereocenters. The SMILES string of the molecule is CN1CCN=C1c1cccc(NC(=O)Nc2ccccc2[N+](=O)[O-])c1. The second-order valence-corrected chi connectivity index (χ2v) is 5.56. The van der Waals surface area contributed by atoms with Crippen molar-refractivity contribution in [3.8, 4) is 0 Å². The van der Waals surface area contributed by atoms with Gasteiger partial charge in [-0.05, 0) is 18.2 Å². The second-order valence-electron chi connectivity index (χ2n) is 5.56. The molecule has 0 fully saturated rings. The lowest BCUT2D eigenvalue weighted by atomic mass is 10.1. The van der Waals surface area contributed by atoms with E-state index in [0.717, 1.165) is 24.5 Å². The molecule has 0 aromatic heterocycles. The van der Waals surface area contributed by atoms with Crippen LogP contribution in [0.5, 0.6) is 0 Å². The Balaban J connectivity index is 1.73. The first-order valence-corrected chi connectivity index (χ1v) is 7.72. The summed E-state index contributed by atoms with van der Waals surface area (Å²) in [4.78, 5) is 29.1. The molecule has 2 aromatic carbocycles. The lowest BCUT2D eigenvalue weighted by Crippen LogP contribution is -2.24. The Morgan fingerprint density at radius 3 is 2.72 bits per heavy atom. The fourth-order valence-electron chi connectivity index (χ4n) is 2.60. The Kier molecular flexibility index (Phi) is 4.60. The van der Waals surface area contributed by atoms with Crippen LogP contribution in [0.4, 0.5) is 21.9 Å². The maximum absolute atomic E-state index is 12.2. The summed E-state index contributed by atoms with van der Waals surface area (Å²) in [5.74, 6) is 0.878. The number of nitrogens with zero attached hydrogens (tertiary/aromatic N) is 3. The Hall–Kier alpha value is -3.42. The lowest BCUT2D eigenvalue weighted by Gasteiger charge is -2.15. The topological polar surface area (TPSA) is 99.9 Å². The number of benzene rings is 2. The van der Waals surface area contributed by atoms with Crippen LogP contribution in [-0.2, 0) is 0 Å². The number of carbonyl (C=O) groups is 1. The van der Waals surface area contributed by atoms with Gasteiger partial charge in [-0.25, -0.2) is 4.79 Å². The number of anilines is 2. The molecule has 0 saturated heterocycles. The quantitative estimate of drug-likeness (QED) is 0.660. The van der Waals surface area contributed by atoms with Gasteiger partial charge in [-0.15, -0.1) is 0 Å². The third-order valence-electron chi connectivity index (χ3n) is 3.79. The van der Waals surface area contributed by atoms with Gasteiger partial charge in [0.1, 0.15) is 11.5 Å². The Bertz CT molecular complexity index is 850. The predicted octanol–water partition coefficient (Wildman–Crippen LogP) is 2.93. The van der Waals surface area contributed by atoms with E-state index < -0.39 is 11.0 Å². The van der Waals surface area contributed by atoms with Gasteiger partial charge in [0.2, 0.25) is 0 Å². The van der Waals surface area contributed by atoms with Crippen LogP contribution >= 0.6 is 0 Å². The van der Waals surface area contributed by atoms with E-state index in [1.807, 2.05) is 30.1 Å². The molecule has 0 aliphatic carbocycles. The zero-order valence-electron chi connectivity index (χ0n) is 13.6. The van der Waals surface area contributed by atoms with Crippen molar-refractivity contribution < 1.29 is 9.72 Å². The zero-order chi connectivity index (χ0) is 17.8. The molecular weight excluding hydrogens is 322 g/mol. The summed E-state index contributed by atoms with van der Waals surface area (Å²) in [7, 11) is 1.97. The Morgan fingerprint density at radius 2 is 2.00 bits per heavy atom. The molecule has 2 N–H and O–H groups in total. The first-order chi connectivity index (χ1) is 12.0. The third kappa shape index (κ3) is 3.74.